The highest BCUT2D eigenvalue weighted by Crippen LogP contribution is 2.31. The molecule has 0 saturated carbocycles. The summed E-state index contributed by atoms with van der Waals surface area (Å²) in [4.78, 5) is 24.4. The number of esters is 1. The van der Waals surface area contributed by atoms with Gasteiger partial charge in [-0.25, -0.2) is 4.79 Å². The van der Waals surface area contributed by atoms with E-state index in [1.54, 1.807) is 38.1 Å². The molecule has 30 heavy (non-hydrogen) atoms. The summed E-state index contributed by atoms with van der Waals surface area (Å²) in [5.41, 5.74) is 2.51. The number of benzene rings is 2. The van der Waals surface area contributed by atoms with Gasteiger partial charge < -0.3 is 14.2 Å². The Labute approximate surface area is 183 Å². The SMILES string of the molecule is CCOC(=O)COc1ccc(/C=C2/C(=O)N(c3cccc(Br)c3)N=C2C)cc1OC. The molecule has 0 bridgehead atoms. The minimum Gasteiger partial charge on any atom is -0.493 e. The third kappa shape index (κ3) is 4.88. The first kappa shape index (κ1) is 21.6. The first-order valence-corrected chi connectivity index (χ1v) is 10.1. The van der Waals surface area contributed by atoms with Crippen molar-refractivity contribution in [2.24, 2.45) is 5.10 Å². The largest absolute Gasteiger partial charge is 0.493 e. The van der Waals surface area contributed by atoms with Gasteiger partial charge in [0.2, 0.25) is 0 Å². The molecule has 2 aromatic carbocycles. The van der Waals surface area contributed by atoms with Crippen LogP contribution in [-0.2, 0) is 14.3 Å². The molecule has 0 saturated heterocycles. The number of amides is 1. The molecule has 1 aliphatic heterocycles. The van der Waals surface area contributed by atoms with Crippen LogP contribution in [0.15, 0.2) is 57.6 Å². The number of hydrogen-bond acceptors (Lipinski definition) is 6. The number of rotatable bonds is 7. The summed E-state index contributed by atoms with van der Waals surface area (Å²) >= 11 is 3.41. The van der Waals surface area contributed by atoms with E-state index in [0.29, 0.717) is 28.5 Å². The van der Waals surface area contributed by atoms with Gasteiger partial charge in [-0.05, 0) is 55.8 Å². The average Bonchev–Trinajstić information content (AvgIpc) is 3.01. The maximum Gasteiger partial charge on any atom is 0.344 e. The lowest BCUT2D eigenvalue weighted by Crippen LogP contribution is -2.21. The predicted molar refractivity (Wildman–Crippen MR) is 118 cm³/mol. The lowest BCUT2D eigenvalue weighted by Gasteiger charge is -2.12. The van der Waals surface area contributed by atoms with Crippen molar-refractivity contribution in [1.82, 2.24) is 0 Å². The number of anilines is 1. The Morgan fingerprint density at radius 2 is 2.00 bits per heavy atom. The number of nitrogens with zero attached hydrogens (tertiary/aromatic N) is 2. The van der Waals surface area contributed by atoms with E-state index >= 15 is 0 Å². The fraction of sp³-hybridized carbons (Fsp3) is 0.227. The molecule has 1 heterocycles. The summed E-state index contributed by atoms with van der Waals surface area (Å²) in [6.07, 6.45) is 1.75. The highest BCUT2D eigenvalue weighted by atomic mass is 79.9. The van der Waals surface area contributed by atoms with Crippen LogP contribution in [0, 0.1) is 0 Å². The summed E-state index contributed by atoms with van der Waals surface area (Å²) < 4.78 is 16.6. The second-order valence-electron chi connectivity index (χ2n) is 6.34. The number of hydrazone groups is 1. The number of carbonyl (C=O) groups excluding carboxylic acids is 2. The molecule has 2 aromatic rings. The molecule has 3 rings (SSSR count). The van der Waals surface area contributed by atoms with Gasteiger partial charge in [0.25, 0.3) is 5.91 Å². The number of carbonyl (C=O) groups is 2. The molecule has 0 fully saturated rings. The molecule has 0 radical (unpaired) electrons. The Bertz CT molecular complexity index is 1030. The standard InChI is InChI=1S/C22H21BrN2O5/c1-4-29-21(26)13-30-19-9-8-15(11-20(19)28-3)10-18-14(2)24-25(22(18)27)17-7-5-6-16(23)12-17/h5-12H,4,13H2,1-3H3/b18-10+. The van der Waals surface area contributed by atoms with Crippen LogP contribution in [0.25, 0.3) is 6.08 Å². The van der Waals surface area contributed by atoms with Gasteiger partial charge in [-0.15, -0.1) is 0 Å². The maximum atomic E-state index is 12.9. The number of halogens is 1. The zero-order valence-corrected chi connectivity index (χ0v) is 18.4. The van der Waals surface area contributed by atoms with Crippen LogP contribution in [0.2, 0.25) is 0 Å². The molecule has 0 aromatic heterocycles. The van der Waals surface area contributed by atoms with Gasteiger partial charge >= 0.3 is 5.97 Å². The van der Waals surface area contributed by atoms with E-state index in [2.05, 4.69) is 21.0 Å². The first-order chi connectivity index (χ1) is 14.4. The van der Waals surface area contributed by atoms with Crippen LogP contribution in [-0.4, -0.2) is 37.9 Å². The van der Waals surface area contributed by atoms with E-state index in [-0.39, 0.29) is 19.1 Å². The van der Waals surface area contributed by atoms with E-state index < -0.39 is 5.97 Å². The van der Waals surface area contributed by atoms with Gasteiger partial charge in [-0.3, -0.25) is 4.79 Å². The van der Waals surface area contributed by atoms with E-state index in [1.165, 1.54) is 12.1 Å². The Morgan fingerprint density at radius 1 is 1.20 bits per heavy atom. The molecule has 1 aliphatic rings. The Hall–Kier alpha value is -3.13. The van der Waals surface area contributed by atoms with Crippen LogP contribution in [0.3, 0.4) is 0 Å². The summed E-state index contributed by atoms with van der Waals surface area (Å²) in [5, 5.41) is 5.76. The smallest absolute Gasteiger partial charge is 0.344 e. The minimum absolute atomic E-state index is 0.212. The van der Waals surface area contributed by atoms with Crippen molar-refractivity contribution >= 4 is 45.3 Å². The van der Waals surface area contributed by atoms with Crippen LogP contribution < -0.4 is 14.5 Å². The first-order valence-electron chi connectivity index (χ1n) is 9.26. The monoisotopic (exact) mass is 472 g/mol. The van der Waals surface area contributed by atoms with Crippen molar-refractivity contribution in [1.29, 1.82) is 0 Å². The molecule has 8 heteroatoms. The Kier molecular flexibility index (Phi) is 6.89. The predicted octanol–water partition coefficient (Wildman–Crippen LogP) is 4.21. The normalized spacial score (nSPS) is 14.7. The number of ether oxygens (including phenoxy) is 3. The van der Waals surface area contributed by atoms with E-state index in [9.17, 15) is 9.59 Å². The van der Waals surface area contributed by atoms with Crippen LogP contribution in [0.4, 0.5) is 5.69 Å². The fourth-order valence-electron chi connectivity index (χ4n) is 2.87. The Balaban J connectivity index is 1.81. The van der Waals surface area contributed by atoms with Crippen molar-refractivity contribution in [2.75, 3.05) is 25.3 Å². The van der Waals surface area contributed by atoms with E-state index in [4.69, 9.17) is 14.2 Å². The Morgan fingerprint density at radius 3 is 2.70 bits per heavy atom. The molecule has 0 unspecified atom stereocenters. The summed E-state index contributed by atoms with van der Waals surface area (Å²) in [6.45, 7) is 3.60. The highest BCUT2D eigenvalue weighted by molar-refractivity contribution is 9.10. The van der Waals surface area contributed by atoms with Crippen molar-refractivity contribution in [2.45, 2.75) is 13.8 Å². The molecular weight excluding hydrogens is 452 g/mol. The second-order valence-corrected chi connectivity index (χ2v) is 7.26. The summed E-state index contributed by atoms with van der Waals surface area (Å²) in [5.74, 6) is 0.179. The fourth-order valence-corrected chi connectivity index (χ4v) is 3.25. The lowest BCUT2D eigenvalue weighted by atomic mass is 10.1. The topological polar surface area (TPSA) is 77.4 Å². The molecule has 0 spiro atoms. The molecule has 0 aliphatic carbocycles. The van der Waals surface area contributed by atoms with Gasteiger partial charge in [-0.1, -0.05) is 28.1 Å². The molecule has 0 atom stereocenters. The van der Waals surface area contributed by atoms with Gasteiger partial charge in [0.15, 0.2) is 18.1 Å². The zero-order valence-electron chi connectivity index (χ0n) is 16.8. The molecular formula is C22H21BrN2O5. The summed E-state index contributed by atoms with van der Waals surface area (Å²) in [7, 11) is 1.51. The van der Waals surface area contributed by atoms with Gasteiger partial charge in [0, 0.05) is 4.47 Å². The average molecular weight is 473 g/mol. The van der Waals surface area contributed by atoms with E-state index in [1.807, 2.05) is 24.3 Å². The van der Waals surface area contributed by atoms with Crippen LogP contribution in [0.1, 0.15) is 19.4 Å². The molecule has 0 N–H and O–H groups in total. The molecule has 7 nitrogen and oxygen atoms in total. The number of hydrogen-bond donors (Lipinski definition) is 0. The van der Waals surface area contributed by atoms with E-state index in [0.717, 1.165) is 10.0 Å². The van der Waals surface area contributed by atoms with Gasteiger partial charge in [0.05, 0.1) is 30.7 Å². The molecule has 156 valence electrons. The third-order valence-corrected chi connectivity index (χ3v) is 4.76. The van der Waals surface area contributed by atoms with Crippen molar-refractivity contribution in [3.05, 3.63) is 58.1 Å². The third-order valence-electron chi connectivity index (χ3n) is 4.26. The maximum absolute atomic E-state index is 12.9. The van der Waals surface area contributed by atoms with Crippen molar-refractivity contribution < 1.29 is 23.8 Å². The second kappa shape index (κ2) is 9.58. The van der Waals surface area contributed by atoms with Gasteiger partial charge in [-0.2, -0.15) is 10.1 Å². The van der Waals surface area contributed by atoms with Crippen LogP contribution in [0.5, 0.6) is 11.5 Å². The minimum atomic E-state index is -0.457. The quantitative estimate of drug-likeness (QED) is 0.445. The van der Waals surface area contributed by atoms with Crippen molar-refractivity contribution in [3.63, 3.8) is 0 Å². The van der Waals surface area contributed by atoms with Gasteiger partial charge in [0.1, 0.15) is 0 Å². The number of methoxy groups -OCH3 is 1. The highest BCUT2D eigenvalue weighted by Gasteiger charge is 2.28. The van der Waals surface area contributed by atoms with Crippen molar-refractivity contribution in [3.8, 4) is 11.5 Å². The summed E-state index contributed by atoms with van der Waals surface area (Å²) in [6, 6.07) is 12.6. The van der Waals surface area contributed by atoms with Crippen LogP contribution >= 0.6 is 15.9 Å². The molecule has 1 amide bonds. The lowest BCUT2D eigenvalue weighted by molar-refractivity contribution is -0.145. The zero-order chi connectivity index (χ0) is 21.7.